The molecule has 0 radical (unpaired) electrons. The number of hydrogen-bond acceptors (Lipinski definition) is 3. The summed E-state index contributed by atoms with van der Waals surface area (Å²) in [4.78, 5) is 14.6. The van der Waals surface area contributed by atoms with E-state index in [0.717, 1.165) is 30.0 Å². The van der Waals surface area contributed by atoms with E-state index in [0.29, 0.717) is 24.7 Å². The lowest BCUT2D eigenvalue weighted by molar-refractivity contribution is -0.130. The second-order valence-corrected chi connectivity index (χ2v) is 10.1. The molecule has 1 aliphatic heterocycles. The molecule has 1 amide bonds. The van der Waals surface area contributed by atoms with Gasteiger partial charge < -0.3 is 4.90 Å². The molecule has 0 N–H and O–H groups in total. The van der Waals surface area contributed by atoms with Gasteiger partial charge in [0, 0.05) is 17.6 Å². The Morgan fingerprint density at radius 2 is 1.79 bits per heavy atom. The second kappa shape index (κ2) is 9.09. The Kier molecular flexibility index (Phi) is 6.78. The lowest BCUT2D eigenvalue weighted by Gasteiger charge is -2.33. The highest BCUT2D eigenvalue weighted by molar-refractivity contribution is 9.10. The smallest absolute Gasteiger partial charge is 0.243 e. The quantitative estimate of drug-likeness (QED) is 0.654. The Bertz CT molecular complexity index is 910. The lowest BCUT2D eigenvalue weighted by atomic mass is 9.90. The number of rotatable bonds is 6. The van der Waals surface area contributed by atoms with Gasteiger partial charge in [0.2, 0.25) is 15.9 Å². The molecule has 0 bridgehead atoms. The first-order valence-corrected chi connectivity index (χ1v) is 12.0. The molecule has 28 heavy (non-hydrogen) atoms. The molecule has 0 unspecified atom stereocenters. The maximum atomic E-state index is 12.8. The van der Waals surface area contributed by atoms with Crippen LogP contribution in [0.15, 0.2) is 59.1 Å². The van der Waals surface area contributed by atoms with Crippen LogP contribution in [-0.2, 0) is 21.2 Å². The summed E-state index contributed by atoms with van der Waals surface area (Å²) in [5.74, 6) is 0.408. The van der Waals surface area contributed by atoms with Crippen LogP contribution in [0.25, 0.3) is 0 Å². The van der Waals surface area contributed by atoms with Crippen LogP contribution < -0.4 is 4.31 Å². The second-order valence-electron chi connectivity index (χ2n) is 7.26. The zero-order valence-corrected chi connectivity index (χ0v) is 18.3. The number of amides is 1. The van der Waals surface area contributed by atoms with Crippen molar-refractivity contribution >= 4 is 37.5 Å². The zero-order valence-electron chi connectivity index (χ0n) is 15.9. The highest BCUT2D eigenvalue weighted by Gasteiger charge is 2.27. The predicted molar refractivity (Wildman–Crippen MR) is 116 cm³/mol. The van der Waals surface area contributed by atoms with E-state index < -0.39 is 10.0 Å². The first kappa shape index (κ1) is 20.9. The number of benzene rings is 2. The van der Waals surface area contributed by atoms with E-state index in [9.17, 15) is 13.2 Å². The molecule has 0 aliphatic carbocycles. The minimum atomic E-state index is -3.55. The van der Waals surface area contributed by atoms with Crippen LogP contribution in [0, 0.1) is 5.92 Å². The van der Waals surface area contributed by atoms with E-state index in [1.54, 1.807) is 23.1 Å². The van der Waals surface area contributed by atoms with Crippen LogP contribution in [0.5, 0.6) is 0 Å². The van der Waals surface area contributed by atoms with Crippen LogP contribution >= 0.6 is 15.9 Å². The normalized spacial score (nSPS) is 15.4. The maximum Gasteiger partial charge on any atom is 0.243 e. The number of nitrogens with zero attached hydrogens (tertiary/aromatic N) is 2. The van der Waals surface area contributed by atoms with Crippen LogP contribution in [0.1, 0.15) is 18.4 Å². The van der Waals surface area contributed by atoms with Gasteiger partial charge in [-0.15, -0.1) is 0 Å². The van der Waals surface area contributed by atoms with Gasteiger partial charge in [0.1, 0.15) is 6.54 Å². The molecule has 2 aromatic rings. The van der Waals surface area contributed by atoms with Gasteiger partial charge in [0.25, 0.3) is 0 Å². The lowest BCUT2D eigenvalue weighted by Crippen LogP contribution is -2.45. The molecule has 150 valence electrons. The monoisotopic (exact) mass is 464 g/mol. The van der Waals surface area contributed by atoms with Gasteiger partial charge in [0.05, 0.1) is 11.9 Å². The summed E-state index contributed by atoms with van der Waals surface area (Å²) in [6.45, 7) is 1.18. The molecule has 0 saturated carbocycles. The summed E-state index contributed by atoms with van der Waals surface area (Å²) in [6, 6.07) is 17.4. The van der Waals surface area contributed by atoms with Crippen molar-refractivity contribution in [2.24, 2.45) is 5.92 Å². The van der Waals surface area contributed by atoms with Gasteiger partial charge >= 0.3 is 0 Å². The van der Waals surface area contributed by atoms with E-state index in [4.69, 9.17) is 0 Å². The molecular formula is C21H25BrN2O3S. The van der Waals surface area contributed by atoms with E-state index in [2.05, 4.69) is 40.2 Å². The van der Waals surface area contributed by atoms with Crippen molar-refractivity contribution in [1.82, 2.24) is 4.90 Å². The maximum absolute atomic E-state index is 12.8. The standard InChI is InChI=1S/C21H25BrN2O3S/c1-28(26,27)24(20-9-5-8-19(22)15-20)16-21(25)23-12-10-18(11-13-23)14-17-6-3-2-4-7-17/h2-9,15,18H,10-14,16H2,1H3. The summed E-state index contributed by atoms with van der Waals surface area (Å²) in [5.41, 5.74) is 1.81. The number of likely N-dealkylation sites (tertiary alicyclic amines) is 1. The number of anilines is 1. The van der Waals surface area contributed by atoms with Crippen molar-refractivity contribution in [3.63, 3.8) is 0 Å². The molecule has 3 rings (SSSR count). The van der Waals surface area contributed by atoms with Crippen LogP contribution in [-0.4, -0.2) is 45.1 Å². The van der Waals surface area contributed by atoms with Gasteiger partial charge in [-0.2, -0.15) is 0 Å². The highest BCUT2D eigenvalue weighted by atomic mass is 79.9. The summed E-state index contributed by atoms with van der Waals surface area (Å²) >= 11 is 3.36. The van der Waals surface area contributed by atoms with Crippen molar-refractivity contribution in [1.29, 1.82) is 0 Å². The van der Waals surface area contributed by atoms with Crippen LogP contribution in [0.4, 0.5) is 5.69 Å². The summed E-state index contributed by atoms with van der Waals surface area (Å²) < 4.78 is 26.5. The van der Waals surface area contributed by atoms with Gasteiger partial charge in [0.15, 0.2) is 0 Å². The molecule has 1 aliphatic rings. The number of piperidine rings is 1. The van der Waals surface area contributed by atoms with Crippen molar-refractivity contribution in [3.05, 3.63) is 64.6 Å². The molecule has 1 fully saturated rings. The fraction of sp³-hybridized carbons (Fsp3) is 0.381. The zero-order chi connectivity index (χ0) is 20.1. The molecule has 7 heteroatoms. The SMILES string of the molecule is CS(=O)(=O)N(CC(=O)N1CCC(Cc2ccccc2)CC1)c1cccc(Br)c1. The van der Waals surface area contributed by atoms with E-state index >= 15 is 0 Å². The predicted octanol–water partition coefficient (Wildman–Crippen LogP) is 3.70. The fourth-order valence-electron chi connectivity index (χ4n) is 3.59. The van der Waals surface area contributed by atoms with Gasteiger partial charge in [-0.1, -0.05) is 52.3 Å². The Morgan fingerprint density at radius 1 is 1.11 bits per heavy atom. The van der Waals surface area contributed by atoms with Crippen LogP contribution in [0.2, 0.25) is 0 Å². The topological polar surface area (TPSA) is 57.7 Å². The number of carbonyl (C=O) groups excluding carboxylic acids is 1. The molecule has 2 aromatic carbocycles. The Hall–Kier alpha value is -1.86. The molecule has 0 atom stereocenters. The van der Waals surface area contributed by atoms with Crippen molar-refractivity contribution in [3.8, 4) is 0 Å². The molecule has 1 heterocycles. The molecule has 5 nitrogen and oxygen atoms in total. The minimum absolute atomic E-state index is 0.149. The van der Waals surface area contributed by atoms with Crippen LogP contribution in [0.3, 0.4) is 0 Å². The summed E-state index contributed by atoms with van der Waals surface area (Å²) in [5, 5.41) is 0. The van der Waals surface area contributed by atoms with E-state index in [1.165, 1.54) is 9.87 Å². The average molecular weight is 465 g/mol. The van der Waals surface area contributed by atoms with E-state index in [1.807, 2.05) is 12.1 Å². The number of halogens is 1. The number of hydrogen-bond donors (Lipinski definition) is 0. The van der Waals surface area contributed by atoms with Gasteiger partial charge in [-0.05, 0) is 48.9 Å². The molecule has 1 saturated heterocycles. The first-order valence-electron chi connectivity index (χ1n) is 9.38. The number of carbonyl (C=O) groups is 1. The molecule has 0 aromatic heterocycles. The van der Waals surface area contributed by atoms with Gasteiger partial charge in [-0.25, -0.2) is 8.42 Å². The molecular weight excluding hydrogens is 440 g/mol. The van der Waals surface area contributed by atoms with Crippen molar-refractivity contribution < 1.29 is 13.2 Å². The summed E-state index contributed by atoms with van der Waals surface area (Å²) in [7, 11) is -3.55. The fourth-order valence-corrected chi connectivity index (χ4v) is 4.82. The highest BCUT2D eigenvalue weighted by Crippen LogP contribution is 2.24. The summed E-state index contributed by atoms with van der Waals surface area (Å²) in [6.07, 6.45) is 4.04. The average Bonchev–Trinajstić information content (AvgIpc) is 2.66. The van der Waals surface area contributed by atoms with Crippen molar-refractivity contribution in [2.45, 2.75) is 19.3 Å². The minimum Gasteiger partial charge on any atom is -0.341 e. The largest absolute Gasteiger partial charge is 0.341 e. The molecule has 0 spiro atoms. The van der Waals surface area contributed by atoms with Crippen molar-refractivity contribution in [2.75, 3.05) is 30.2 Å². The Labute approximate surface area is 175 Å². The Morgan fingerprint density at radius 3 is 2.39 bits per heavy atom. The van der Waals surface area contributed by atoms with Gasteiger partial charge in [-0.3, -0.25) is 9.10 Å². The third kappa shape index (κ3) is 5.58. The van der Waals surface area contributed by atoms with E-state index in [-0.39, 0.29) is 12.5 Å². The third-order valence-electron chi connectivity index (χ3n) is 5.11. The first-order chi connectivity index (χ1) is 13.3. The third-order valence-corrected chi connectivity index (χ3v) is 6.74. The Balaban J connectivity index is 1.61. The number of sulfonamides is 1.